The summed E-state index contributed by atoms with van der Waals surface area (Å²) in [5, 5.41) is 14.2. The molecule has 4 heteroatoms. The third-order valence-electron chi connectivity index (χ3n) is 3.78. The highest BCUT2D eigenvalue weighted by Gasteiger charge is 2.24. The van der Waals surface area contributed by atoms with E-state index >= 15 is 0 Å². The molecule has 2 atom stereocenters. The molecule has 1 N–H and O–H groups in total. The first-order valence-corrected chi connectivity index (χ1v) is 8.02. The van der Waals surface area contributed by atoms with Crippen LogP contribution in [0.1, 0.15) is 31.7 Å². The van der Waals surface area contributed by atoms with Gasteiger partial charge < -0.3 is 9.94 Å². The maximum absolute atomic E-state index is 10.0. The molecule has 1 aromatic carbocycles. The Morgan fingerprint density at radius 3 is 2.91 bits per heavy atom. The molecule has 0 saturated carbocycles. The third-order valence-corrected chi connectivity index (χ3v) is 3.78. The number of aliphatic hydroxyl groups is 1. The summed E-state index contributed by atoms with van der Waals surface area (Å²) in [4.78, 5) is 7.75. The number of hydrogen-bond donors (Lipinski definition) is 1. The molecule has 0 unspecified atom stereocenters. The Kier molecular flexibility index (Phi) is 6.62. The molecule has 0 fully saturated rings. The summed E-state index contributed by atoms with van der Waals surface area (Å²) in [6.07, 6.45) is 4.24. The molecule has 0 spiro atoms. The van der Waals surface area contributed by atoms with Gasteiger partial charge >= 0.3 is 0 Å². The van der Waals surface area contributed by atoms with Gasteiger partial charge in [0, 0.05) is 26.1 Å². The lowest BCUT2D eigenvalue weighted by Crippen LogP contribution is -2.38. The molecule has 2 rings (SSSR count). The number of hydrogen-bond acceptors (Lipinski definition) is 4. The first kappa shape index (κ1) is 16.7. The third kappa shape index (κ3) is 4.97. The quantitative estimate of drug-likeness (QED) is 0.713. The Labute approximate surface area is 133 Å². The fourth-order valence-electron chi connectivity index (χ4n) is 2.74. The van der Waals surface area contributed by atoms with Crippen LogP contribution < -0.4 is 0 Å². The van der Waals surface area contributed by atoms with Crippen molar-refractivity contribution in [1.82, 2.24) is 4.90 Å². The zero-order valence-corrected chi connectivity index (χ0v) is 13.3. The molecule has 120 valence electrons. The number of nitrogens with zero attached hydrogens (tertiary/aromatic N) is 2. The maximum atomic E-state index is 10.0. The Balaban J connectivity index is 1.86. The molecule has 4 nitrogen and oxygen atoms in total. The molecular formula is C18H26N2O2. The average Bonchev–Trinajstić information content (AvgIpc) is 2.97. The van der Waals surface area contributed by atoms with Crippen molar-refractivity contribution in [3.8, 4) is 0 Å². The molecule has 1 aliphatic rings. The monoisotopic (exact) mass is 302 g/mol. The smallest absolute Gasteiger partial charge is 0.145 e. The first-order chi connectivity index (χ1) is 10.7. The second-order valence-corrected chi connectivity index (χ2v) is 5.79. The minimum absolute atomic E-state index is 0.0454. The summed E-state index contributed by atoms with van der Waals surface area (Å²) in [5.74, 6) is 0. The standard InChI is InChI=1S/C18H26N2O2/c1-3-8-16(21)13-20(11-4-2)14-17-12-18(19-22-17)15-9-6-5-7-10-15/h4-7,9-10,16-17,21H,2-3,8,11-14H2,1H3/t16-,17+/m0/s1. The zero-order chi connectivity index (χ0) is 15.8. The lowest BCUT2D eigenvalue weighted by atomic mass is 10.0. The summed E-state index contributed by atoms with van der Waals surface area (Å²) in [7, 11) is 0. The van der Waals surface area contributed by atoms with Gasteiger partial charge in [-0.2, -0.15) is 0 Å². The average molecular weight is 302 g/mol. The molecule has 22 heavy (non-hydrogen) atoms. The summed E-state index contributed by atoms with van der Waals surface area (Å²) in [6.45, 7) is 8.04. The lowest BCUT2D eigenvalue weighted by Gasteiger charge is -2.25. The second-order valence-electron chi connectivity index (χ2n) is 5.79. The van der Waals surface area contributed by atoms with E-state index in [9.17, 15) is 5.11 Å². The largest absolute Gasteiger partial charge is 0.392 e. The molecule has 1 aromatic rings. The highest BCUT2D eigenvalue weighted by atomic mass is 16.6. The van der Waals surface area contributed by atoms with Crippen LogP contribution in [0.4, 0.5) is 0 Å². The number of rotatable bonds is 9. The van der Waals surface area contributed by atoms with Crippen molar-refractivity contribution in [3.63, 3.8) is 0 Å². The molecule has 0 aliphatic carbocycles. The Bertz CT molecular complexity index is 487. The van der Waals surface area contributed by atoms with Crippen LogP contribution in [0.25, 0.3) is 0 Å². The van der Waals surface area contributed by atoms with E-state index in [0.29, 0.717) is 6.54 Å². The SMILES string of the molecule is C=CCN(C[C@@H](O)CCC)C[C@H]1CC(c2ccccc2)=NO1. The van der Waals surface area contributed by atoms with E-state index in [0.717, 1.165) is 43.6 Å². The van der Waals surface area contributed by atoms with Crippen LogP contribution in [0.2, 0.25) is 0 Å². The summed E-state index contributed by atoms with van der Waals surface area (Å²) in [6, 6.07) is 10.1. The van der Waals surface area contributed by atoms with Crippen LogP contribution in [-0.2, 0) is 4.84 Å². The molecule has 0 saturated heterocycles. The van der Waals surface area contributed by atoms with Gasteiger partial charge in [0.1, 0.15) is 6.10 Å². The predicted octanol–water partition coefficient (Wildman–Crippen LogP) is 2.83. The van der Waals surface area contributed by atoms with Gasteiger partial charge in [-0.25, -0.2) is 0 Å². The van der Waals surface area contributed by atoms with E-state index in [1.807, 2.05) is 24.3 Å². The van der Waals surface area contributed by atoms with Crippen LogP contribution in [0.3, 0.4) is 0 Å². The van der Waals surface area contributed by atoms with Gasteiger partial charge in [-0.3, -0.25) is 4.90 Å². The van der Waals surface area contributed by atoms with E-state index in [-0.39, 0.29) is 12.2 Å². The highest BCUT2D eigenvalue weighted by molar-refractivity contribution is 6.01. The van der Waals surface area contributed by atoms with Gasteiger partial charge in [-0.1, -0.05) is 54.9 Å². The summed E-state index contributed by atoms with van der Waals surface area (Å²) < 4.78 is 0. The Morgan fingerprint density at radius 2 is 2.23 bits per heavy atom. The van der Waals surface area contributed by atoms with Gasteiger partial charge in [0.05, 0.1) is 11.8 Å². The Morgan fingerprint density at radius 1 is 1.45 bits per heavy atom. The van der Waals surface area contributed by atoms with E-state index < -0.39 is 0 Å². The first-order valence-electron chi connectivity index (χ1n) is 8.02. The van der Waals surface area contributed by atoms with Crippen LogP contribution in [-0.4, -0.2) is 47.6 Å². The van der Waals surface area contributed by atoms with E-state index in [4.69, 9.17) is 4.84 Å². The second kappa shape index (κ2) is 8.71. The van der Waals surface area contributed by atoms with Crippen molar-refractivity contribution in [3.05, 3.63) is 48.6 Å². The normalized spacial score (nSPS) is 18.9. The van der Waals surface area contributed by atoms with Crippen molar-refractivity contribution < 1.29 is 9.94 Å². The van der Waals surface area contributed by atoms with E-state index in [1.54, 1.807) is 0 Å². The summed E-state index contributed by atoms with van der Waals surface area (Å²) >= 11 is 0. The fraction of sp³-hybridized carbons (Fsp3) is 0.500. The molecule has 0 radical (unpaired) electrons. The van der Waals surface area contributed by atoms with Crippen LogP contribution >= 0.6 is 0 Å². The number of oxime groups is 1. The van der Waals surface area contributed by atoms with Crippen LogP contribution in [0.5, 0.6) is 0 Å². The fourth-order valence-corrected chi connectivity index (χ4v) is 2.74. The van der Waals surface area contributed by atoms with Crippen molar-refractivity contribution in [1.29, 1.82) is 0 Å². The molecule has 1 aliphatic heterocycles. The minimum Gasteiger partial charge on any atom is -0.392 e. The lowest BCUT2D eigenvalue weighted by molar-refractivity contribution is 0.0376. The van der Waals surface area contributed by atoms with Crippen LogP contribution in [0, 0.1) is 0 Å². The zero-order valence-electron chi connectivity index (χ0n) is 13.3. The van der Waals surface area contributed by atoms with Crippen molar-refractivity contribution in [2.24, 2.45) is 5.16 Å². The minimum atomic E-state index is -0.291. The predicted molar refractivity (Wildman–Crippen MR) is 90.0 cm³/mol. The van der Waals surface area contributed by atoms with Gasteiger partial charge in [-0.15, -0.1) is 6.58 Å². The van der Waals surface area contributed by atoms with Gasteiger partial charge in [-0.05, 0) is 12.0 Å². The van der Waals surface area contributed by atoms with Crippen molar-refractivity contribution in [2.45, 2.75) is 38.4 Å². The van der Waals surface area contributed by atoms with E-state index in [2.05, 4.69) is 35.7 Å². The molecule has 0 bridgehead atoms. The summed E-state index contributed by atoms with van der Waals surface area (Å²) in [5.41, 5.74) is 2.12. The van der Waals surface area contributed by atoms with Crippen LogP contribution in [0.15, 0.2) is 48.1 Å². The van der Waals surface area contributed by atoms with Gasteiger partial charge in [0.2, 0.25) is 0 Å². The Hall–Kier alpha value is -1.65. The van der Waals surface area contributed by atoms with Crippen molar-refractivity contribution >= 4 is 5.71 Å². The van der Waals surface area contributed by atoms with Gasteiger partial charge in [0.25, 0.3) is 0 Å². The number of benzene rings is 1. The topological polar surface area (TPSA) is 45.1 Å². The highest BCUT2D eigenvalue weighted by Crippen LogP contribution is 2.17. The molecule has 0 aromatic heterocycles. The van der Waals surface area contributed by atoms with Gasteiger partial charge in [0.15, 0.2) is 0 Å². The molecular weight excluding hydrogens is 276 g/mol. The molecule has 1 heterocycles. The number of aliphatic hydroxyl groups excluding tert-OH is 1. The molecule has 0 amide bonds. The maximum Gasteiger partial charge on any atom is 0.145 e. The van der Waals surface area contributed by atoms with E-state index in [1.165, 1.54) is 0 Å². The van der Waals surface area contributed by atoms with Crippen molar-refractivity contribution in [2.75, 3.05) is 19.6 Å².